The first-order valence-electron chi connectivity index (χ1n) is 11.5. The molecule has 9 heteroatoms. The highest BCUT2D eigenvalue weighted by Gasteiger charge is 2.31. The summed E-state index contributed by atoms with van der Waals surface area (Å²) in [6, 6.07) is 21.0. The molecule has 1 atom stereocenters. The lowest BCUT2D eigenvalue weighted by Gasteiger charge is -2.31. The van der Waals surface area contributed by atoms with E-state index in [1.165, 1.54) is 12.1 Å². The lowest BCUT2D eigenvalue weighted by molar-refractivity contribution is -0.137. The maximum Gasteiger partial charge on any atom is 0.416 e. The van der Waals surface area contributed by atoms with Crippen LogP contribution in [0.2, 0.25) is 0 Å². The van der Waals surface area contributed by atoms with Gasteiger partial charge in [-0.1, -0.05) is 18.2 Å². The number of carbonyl (C=O) groups is 1. The summed E-state index contributed by atoms with van der Waals surface area (Å²) in [5.41, 5.74) is 0.211. The number of piperidine rings is 1. The van der Waals surface area contributed by atoms with Crippen molar-refractivity contribution in [2.24, 2.45) is 0 Å². The average molecular weight is 493 g/mol. The molecule has 1 fully saturated rings. The standard InChI is InChI=1S/C27H22F3N3O3/c28-27(29,30)21-12-8-18(9-13-21)24-31-32-25(36-24)20-5-4-16-33(17-20)26(34)19-10-14-23(15-11-19)35-22-6-2-1-3-7-22/h1-3,6-15,20H,4-5,16-17H2. The van der Waals surface area contributed by atoms with Gasteiger partial charge in [-0.3, -0.25) is 4.79 Å². The Bertz CT molecular complexity index is 1320. The van der Waals surface area contributed by atoms with E-state index in [4.69, 9.17) is 9.15 Å². The van der Waals surface area contributed by atoms with Gasteiger partial charge in [0.05, 0.1) is 11.5 Å². The Labute approximate surface area is 205 Å². The maximum atomic E-state index is 13.1. The van der Waals surface area contributed by atoms with Crippen LogP contribution in [0.15, 0.2) is 83.3 Å². The summed E-state index contributed by atoms with van der Waals surface area (Å²) in [5.74, 6) is 1.61. The molecule has 3 aromatic carbocycles. The van der Waals surface area contributed by atoms with Gasteiger partial charge in [0, 0.05) is 24.2 Å². The van der Waals surface area contributed by atoms with E-state index in [1.54, 1.807) is 29.2 Å². The molecule has 0 saturated carbocycles. The second kappa shape index (κ2) is 9.85. The summed E-state index contributed by atoms with van der Waals surface area (Å²) in [4.78, 5) is 14.9. The topological polar surface area (TPSA) is 68.5 Å². The highest BCUT2D eigenvalue weighted by molar-refractivity contribution is 5.94. The monoisotopic (exact) mass is 493 g/mol. The van der Waals surface area contributed by atoms with Crippen LogP contribution in [-0.2, 0) is 6.18 Å². The normalized spacial score (nSPS) is 16.1. The highest BCUT2D eigenvalue weighted by Crippen LogP contribution is 2.32. The van der Waals surface area contributed by atoms with E-state index in [-0.39, 0.29) is 17.7 Å². The minimum Gasteiger partial charge on any atom is -0.457 e. The zero-order chi connectivity index (χ0) is 25.1. The number of ether oxygens (including phenoxy) is 1. The minimum absolute atomic E-state index is 0.103. The molecule has 0 spiro atoms. The van der Waals surface area contributed by atoms with E-state index < -0.39 is 11.7 Å². The zero-order valence-electron chi connectivity index (χ0n) is 19.1. The Morgan fingerprint density at radius 3 is 2.31 bits per heavy atom. The van der Waals surface area contributed by atoms with Gasteiger partial charge in [0.15, 0.2) is 0 Å². The van der Waals surface area contributed by atoms with Gasteiger partial charge in [0.2, 0.25) is 11.8 Å². The van der Waals surface area contributed by atoms with Crippen LogP contribution in [0.3, 0.4) is 0 Å². The third-order valence-electron chi connectivity index (χ3n) is 6.04. The molecule has 1 amide bonds. The predicted molar refractivity (Wildman–Crippen MR) is 126 cm³/mol. The number of aromatic nitrogens is 2. The molecule has 2 heterocycles. The van der Waals surface area contributed by atoms with Gasteiger partial charge in [0.25, 0.3) is 5.91 Å². The number of hydrogen-bond acceptors (Lipinski definition) is 5. The summed E-state index contributed by atoms with van der Waals surface area (Å²) < 4.78 is 50.0. The summed E-state index contributed by atoms with van der Waals surface area (Å²) >= 11 is 0. The van der Waals surface area contributed by atoms with Crippen molar-refractivity contribution < 1.29 is 27.1 Å². The number of halogens is 3. The molecule has 36 heavy (non-hydrogen) atoms. The van der Waals surface area contributed by atoms with Crippen molar-refractivity contribution in [2.75, 3.05) is 13.1 Å². The molecule has 184 valence electrons. The molecular weight excluding hydrogens is 471 g/mol. The third kappa shape index (κ3) is 5.25. The number of nitrogens with zero attached hydrogens (tertiary/aromatic N) is 3. The van der Waals surface area contributed by atoms with Crippen molar-refractivity contribution in [3.05, 3.63) is 95.9 Å². The second-order valence-electron chi connectivity index (χ2n) is 8.55. The number of amides is 1. The molecular formula is C27H22F3N3O3. The van der Waals surface area contributed by atoms with Crippen LogP contribution in [-0.4, -0.2) is 34.1 Å². The number of alkyl halides is 3. The van der Waals surface area contributed by atoms with E-state index in [0.29, 0.717) is 41.6 Å². The first kappa shape index (κ1) is 23.6. The van der Waals surface area contributed by atoms with Crippen molar-refractivity contribution in [1.82, 2.24) is 15.1 Å². The van der Waals surface area contributed by atoms with Crippen LogP contribution in [0.4, 0.5) is 13.2 Å². The molecule has 5 rings (SSSR count). The van der Waals surface area contributed by atoms with Gasteiger partial charge in [-0.15, -0.1) is 10.2 Å². The first-order valence-corrected chi connectivity index (χ1v) is 11.5. The maximum absolute atomic E-state index is 13.1. The molecule has 1 aromatic heterocycles. The Hall–Kier alpha value is -4.14. The Morgan fingerprint density at radius 2 is 1.61 bits per heavy atom. The summed E-state index contributed by atoms with van der Waals surface area (Å²) in [6.07, 6.45) is -2.88. The molecule has 4 aromatic rings. The fourth-order valence-corrected chi connectivity index (χ4v) is 4.15. The molecule has 0 radical (unpaired) electrons. The van der Waals surface area contributed by atoms with E-state index in [1.807, 2.05) is 30.3 Å². The van der Waals surface area contributed by atoms with Crippen LogP contribution < -0.4 is 4.74 Å². The molecule has 0 N–H and O–H groups in total. The van der Waals surface area contributed by atoms with Crippen LogP contribution in [0, 0.1) is 0 Å². The lowest BCUT2D eigenvalue weighted by Crippen LogP contribution is -2.39. The second-order valence-corrected chi connectivity index (χ2v) is 8.55. The Balaban J connectivity index is 1.24. The smallest absolute Gasteiger partial charge is 0.416 e. The van der Waals surface area contributed by atoms with Crippen LogP contribution in [0.25, 0.3) is 11.5 Å². The molecule has 1 saturated heterocycles. The SMILES string of the molecule is O=C(c1ccc(Oc2ccccc2)cc1)N1CCCC(c2nnc(-c3ccc(C(F)(F)F)cc3)o2)C1. The summed E-state index contributed by atoms with van der Waals surface area (Å²) in [6.45, 7) is 1.02. The van der Waals surface area contributed by atoms with Crippen molar-refractivity contribution in [1.29, 1.82) is 0 Å². The molecule has 6 nitrogen and oxygen atoms in total. The predicted octanol–water partition coefficient (Wildman–Crippen LogP) is 6.57. The van der Waals surface area contributed by atoms with E-state index >= 15 is 0 Å². The quantitative estimate of drug-likeness (QED) is 0.315. The Morgan fingerprint density at radius 1 is 0.917 bits per heavy atom. The highest BCUT2D eigenvalue weighted by atomic mass is 19.4. The minimum atomic E-state index is -4.41. The van der Waals surface area contributed by atoms with Crippen LogP contribution in [0.1, 0.15) is 40.6 Å². The van der Waals surface area contributed by atoms with Gasteiger partial charge in [-0.25, -0.2) is 0 Å². The molecule has 0 bridgehead atoms. The van der Waals surface area contributed by atoms with Crippen molar-refractivity contribution in [2.45, 2.75) is 24.9 Å². The molecule has 1 unspecified atom stereocenters. The van der Waals surface area contributed by atoms with Crippen LogP contribution in [0.5, 0.6) is 11.5 Å². The van der Waals surface area contributed by atoms with Crippen LogP contribution >= 0.6 is 0 Å². The number of carbonyl (C=O) groups excluding carboxylic acids is 1. The van der Waals surface area contributed by atoms with Crippen molar-refractivity contribution in [3.8, 4) is 23.0 Å². The number of benzene rings is 3. The fraction of sp³-hybridized carbons (Fsp3) is 0.222. The number of likely N-dealkylation sites (tertiary alicyclic amines) is 1. The van der Waals surface area contributed by atoms with Gasteiger partial charge >= 0.3 is 6.18 Å². The van der Waals surface area contributed by atoms with Gasteiger partial charge in [0.1, 0.15) is 11.5 Å². The zero-order valence-corrected chi connectivity index (χ0v) is 19.1. The van der Waals surface area contributed by atoms with E-state index in [0.717, 1.165) is 25.0 Å². The molecule has 0 aliphatic carbocycles. The van der Waals surface area contributed by atoms with Crippen molar-refractivity contribution in [3.63, 3.8) is 0 Å². The number of hydrogen-bond donors (Lipinski definition) is 0. The first-order chi connectivity index (χ1) is 17.4. The number of rotatable bonds is 5. The largest absolute Gasteiger partial charge is 0.457 e. The average Bonchev–Trinajstić information content (AvgIpc) is 3.40. The summed E-state index contributed by atoms with van der Waals surface area (Å²) in [5, 5.41) is 8.12. The van der Waals surface area contributed by atoms with Gasteiger partial charge < -0.3 is 14.1 Å². The Kier molecular flexibility index (Phi) is 6.45. The van der Waals surface area contributed by atoms with Gasteiger partial charge in [-0.05, 0) is 73.5 Å². The third-order valence-corrected chi connectivity index (χ3v) is 6.04. The molecule has 1 aliphatic rings. The number of para-hydroxylation sites is 1. The summed E-state index contributed by atoms with van der Waals surface area (Å²) in [7, 11) is 0. The molecule has 1 aliphatic heterocycles. The fourth-order valence-electron chi connectivity index (χ4n) is 4.15. The van der Waals surface area contributed by atoms with E-state index in [9.17, 15) is 18.0 Å². The van der Waals surface area contributed by atoms with E-state index in [2.05, 4.69) is 10.2 Å². The van der Waals surface area contributed by atoms with Crippen molar-refractivity contribution >= 4 is 5.91 Å². The lowest BCUT2D eigenvalue weighted by atomic mass is 9.97. The van der Waals surface area contributed by atoms with Gasteiger partial charge in [-0.2, -0.15) is 13.2 Å².